The Bertz CT molecular complexity index is 126. The normalized spacial score (nSPS) is 45.8. The summed E-state index contributed by atoms with van der Waals surface area (Å²) < 4.78 is 4.69. The van der Waals surface area contributed by atoms with Crippen molar-refractivity contribution in [1.29, 1.82) is 0 Å². The molecule has 11 heavy (non-hydrogen) atoms. The van der Waals surface area contributed by atoms with E-state index in [0.717, 1.165) is 6.61 Å². The Morgan fingerprint density at radius 3 is 2.36 bits per heavy atom. The van der Waals surface area contributed by atoms with Crippen LogP contribution in [0.25, 0.3) is 0 Å². The van der Waals surface area contributed by atoms with Gasteiger partial charge in [-0.1, -0.05) is 0 Å². The van der Waals surface area contributed by atoms with E-state index < -0.39 is 24.4 Å². The van der Waals surface area contributed by atoms with Gasteiger partial charge in [0.05, 0.1) is 6.61 Å². The van der Waals surface area contributed by atoms with Crippen molar-refractivity contribution >= 4 is 0 Å². The molecule has 0 aromatic heterocycles. The molecule has 5 heteroatoms. The van der Waals surface area contributed by atoms with Gasteiger partial charge in [-0.05, 0) is 0 Å². The SMILES string of the molecule is OCC1O[CH]C(O)C(O)[C@H]1O. The second-order valence-corrected chi connectivity index (χ2v) is 2.46. The predicted octanol–water partition coefficient (Wildman–Crippen LogP) is -2.38. The average molecular weight is 163 g/mol. The molecule has 0 aromatic rings. The summed E-state index contributed by atoms with van der Waals surface area (Å²) in [5.41, 5.74) is 0. The first kappa shape index (κ1) is 8.89. The van der Waals surface area contributed by atoms with E-state index in [1.807, 2.05) is 0 Å². The van der Waals surface area contributed by atoms with Crippen LogP contribution in [0.1, 0.15) is 0 Å². The van der Waals surface area contributed by atoms with Crippen molar-refractivity contribution in [3.05, 3.63) is 6.61 Å². The number of hydrogen-bond acceptors (Lipinski definition) is 5. The molecule has 1 heterocycles. The van der Waals surface area contributed by atoms with Crippen LogP contribution < -0.4 is 0 Å². The maximum absolute atomic E-state index is 9.09. The van der Waals surface area contributed by atoms with Gasteiger partial charge in [-0.15, -0.1) is 0 Å². The molecule has 4 N–H and O–H groups in total. The highest BCUT2D eigenvalue weighted by molar-refractivity contribution is 4.91. The van der Waals surface area contributed by atoms with E-state index >= 15 is 0 Å². The zero-order chi connectivity index (χ0) is 8.43. The molecule has 0 bridgehead atoms. The molecule has 0 amide bonds. The van der Waals surface area contributed by atoms with Gasteiger partial charge in [0.15, 0.2) is 0 Å². The highest BCUT2D eigenvalue weighted by Gasteiger charge is 2.37. The van der Waals surface area contributed by atoms with Crippen LogP contribution in [0.2, 0.25) is 0 Å². The van der Waals surface area contributed by atoms with Crippen molar-refractivity contribution in [2.45, 2.75) is 24.4 Å². The quantitative estimate of drug-likeness (QED) is 0.346. The van der Waals surface area contributed by atoms with Gasteiger partial charge in [0.25, 0.3) is 0 Å². The largest absolute Gasteiger partial charge is 0.394 e. The lowest BCUT2D eigenvalue weighted by Gasteiger charge is -2.33. The van der Waals surface area contributed by atoms with Crippen LogP contribution in [0.15, 0.2) is 0 Å². The third-order valence-corrected chi connectivity index (χ3v) is 1.65. The van der Waals surface area contributed by atoms with Crippen LogP contribution in [0.5, 0.6) is 0 Å². The smallest absolute Gasteiger partial charge is 0.115 e. The number of aliphatic hydroxyl groups is 4. The lowest BCUT2D eigenvalue weighted by molar-refractivity contribution is -0.169. The summed E-state index contributed by atoms with van der Waals surface area (Å²) in [6.07, 6.45) is -4.54. The van der Waals surface area contributed by atoms with E-state index in [4.69, 9.17) is 20.4 Å². The second-order valence-electron chi connectivity index (χ2n) is 2.46. The van der Waals surface area contributed by atoms with Crippen LogP contribution in [0, 0.1) is 6.61 Å². The third kappa shape index (κ3) is 1.69. The monoisotopic (exact) mass is 163 g/mol. The molecule has 0 spiro atoms. The fourth-order valence-electron chi connectivity index (χ4n) is 0.915. The molecule has 0 aromatic carbocycles. The first-order valence-corrected chi connectivity index (χ1v) is 3.30. The summed E-state index contributed by atoms with van der Waals surface area (Å²) in [4.78, 5) is 0. The van der Waals surface area contributed by atoms with Crippen molar-refractivity contribution in [3.63, 3.8) is 0 Å². The lowest BCUT2D eigenvalue weighted by Crippen LogP contribution is -2.52. The average Bonchev–Trinajstić information content (AvgIpc) is 2.01. The van der Waals surface area contributed by atoms with Crippen molar-refractivity contribution in [3.8, 4) is 0 Å². The molecule has 4 atom stereocenters. The first-order valence-electron chi connectivity index (χ1n) is 3.30. The molecule has 0 saturated carbocycles. The highest BCUT2D eigenvalue weighted by Crippen LogP contribution is 2.17. The van der Waals surface area contributed by atoms with Gasteiger partial charge >= 0.3 is 0 Å². The zero-order valence-electron chi connectivity index (χ0n) is 5.79. The van der Waals surface area contributed by atoms with Gasteiger partial charge < -0.3 is 25.2 Å². The van der Waals surface area contributed by atoms with Crippen molar-refractivity contribution in [1.82, 2.24) is 0 Å². The van der Waals surface area contributed by atoms with Crippen LogP contribution in [0.3, 0.4) is 0 Å². The van der Waals surface area contributed by atoms with Crippen molar-refractivity contribution < 1.29 is 25.2 Å². The molecule has 1 radical (unpaired) electrons. The molecule has 1 aliphatic rings. The summed E-state index contributed by atoms with van der Waals surface area (Å²) >= 11 is 0. The van der Waals surface area contributed by atoms with Gasteiger partial charge in [-0.2, -0.15) is 0 Å². The Hall–Kier alpha value is -0.200. The van der Waals surface area contributed by atoms with Crippen LogP contribution in [-0.4, -0.2) is 51.4 Å². The number of rotatable bonds is 1. The third-order valence-electron chi connectivity index (χ3n) is 1.65. The minimum atomic E-state index is -1.28. The van der Waals surface area contributed by atoms with Crippen molar-refractivity contribution in [2.24, 2.45) is 0 Å². The summed E-state index contributed by atoms with van der Waals surface area (Å²) in [5, 5.41) is 35.6. The maximum Gasteiger partial charge on any atom is 0.115 e. The van der Waals surface area contributed by atoms with E-state index in [2.05, 4.69) is 4.74 Å². The van der Waals surface area contributed by atoms with E-state index in [1.54, 1.807) is 0 Å². The van der Waals surface area contributed by atoms with E-state index in [-0.39, 0.29) is 6.61 Å². The van der Waals surface area contributed by atoms with Gasteiger partial charge in [0.1, 0.15) is 31.0 Å². The Labute approximate surface area is 63.8 Å². The molecule has 1 aliphatic heterocycles. The van der Waals surface area contributed by atoms with Crippen LogP contribution in [-0.2, 0) is 4.74 Å². The molecule has 65 valence electrons. The molecule has 1 saturated heterocycles. The van der Waals surface area contributed by atoms with E-state index in [1.165, 1.54) is 0 Å². The minimum absolute atomic E-state index is 0.387. The Balaban J connectivity index is 2.52. The molecule has 0 aliphatic carbocycles. The van der Waals surface area contributed by atoms with Crippen LogP contribution in [0.4, 0.5) is 0 Å². The molecule has 3 unspecified atom stereocenters. The Morgan fingerprint density at radius 2 is 1.82 bits per heavy atom. The lowest BCUT2D eigenvalue weighted by atomic mass is 10.0. The molecule has 1 rings (SSSR count). The first-order chi connectivity index (χ1) is 5.16. The number of aliphatic hydroxyl groups excluding tert-OH is 4. The molecule has 1 fully saturated rings. The summed E-state index contributed by atoms with van der Waals surface area (Å²) in [7, 11) is 0. The minimum Gasteiger partial charge on any atom is -0.394 e. The Morgan fingerprint density at radius 1 is 1.18 bits per heavy atom. The van der Waals surface area contributed by atoms with Gasteiger partial charge in [-0.3, -0.25) is 0 Å². The maximum atomic E-state index is 9.09. The highest BCUT2D eigenvalue weighted by atomic mass is 16.5. The summed E-state index contributed by atoms with van der Waals surface area (Å²) in [5.74, 6) is 0. The van der Waals surface area contributed by atoms with Crippen molar-refractivity contribution in [2.75, 3.05) is 6.61 Å². The summed E-state index contributed by atoms with van der Waals surface area (Å²) in [6.45, 7) is 0.611. The molecule has 5 nitrogen and oxygen atoms in total. The number of ether oxygens (including phenoxy) is 1. The van der Waals surface area contributed by atoms with E-state index in [9.17, 15) is 0 Å². The summed E-state index contributed by atoms with van der Waals surface area (Å²) in [6, 6.07) is 0. The van der Waals surface area contributed by atoms with Gasteiger partial charge in [0, 0.05) is 0 Å². The fourth-order valence-corrected chi connectivity index (χ4v) is 0.915. The predicted molar refractivity (Wildman–Crippen MR) is 34.3 cm³/mol. The molecular formula is C6H11O5. The topological polar surface area (TPSA) is 90.2 Å². The van der Waals surface area contributed by atoms with E-state index in [0.29, 0.717) is 0 Å². The van der Waals surface area contributed by atoms with Crippen LogP contribution >= 0.6 is 0 Å². The van der Waals surface area contributed by atoms with Gasteiger partial charge in [-0.25, -0.2) is 0 Å². The Kier molecular flexibility index (Phi) is 2.80. The zero-order valence-corrected chi connectivity index (χ0v) is 5.79. The second kappa shape index (κ2) is 3.46. The standard InChI is InChI=1S/C6H11O5/c7-1-4-6(10)5(9)3(8)2-11-4/h2-10H,1H2/t3?,4?,5?,6-/m0/s1. The van der Waals surface area contributed by atoms with Gasteiger partial charge in [0.2, 0.25) is 0 Å². The fraction of sp³-hybridized carbons (Fsp3) is 0.833. The molecular weight excluding hydrogens is 152 g/mol. The number of hydrogen-bond donors (Lipinski definition) is 4.